The van der Waals surface area contributed by atoms with Gasteiger partial charge in [-0.25, -0.2) is 17.6 Å². The molecule has 0 amide bonds. The van der Waals surface area contributed by atoms with Gasteiger partial charge < -0.3 is 9.47 Å². The van der Waals surface area contributed by atoms with Crippen LogP contribution in [-0.2, 0) is 13.1 Å². The Kier molecular flexibility index (Phi) is 4.43. The number of hydrogen-bond donors (Lipinski definition) is 0. The zero-order chi connectivity index (χ0) is 19.3. The zero-order valence-electron chi connectivity index (χ0n) is 14.3. The Labute approximate surface area is 151 Å². The molecule has 0 aliphatic carbocycles. The fourth-order valence-corrected chi connectivity index (χ4v) is 3.27. The number of halogens is 5. The molecule has 0 saturated heterocycles. The Hall–Kier alpha value is -2.39. The Morgan fingerprint density at radius 3 is 1.89 bits per heavy atom. The summed E-state index contributed by atoms with van der Waals surface area (Å²) in [4.78, 5) is 3.45. The summed E-state index contributed by atoms with van der Waals surface area (Å²) in [7, 11) is 0. The lowest BCUT2D eigenvalue weighted by Gasteiger charge is -2.36. The van der Waals surface area contributed by atoms with Gasteiger partial charge >= 0.3 is 0 Å². The fourth-order valence-electron chi connectivity index (χ4n) is 3.27. The van der Waals surface area contributed by atoms with Gasteiger partial charge in [-0.2, -0.15) is 4.39 Å². The van der Waals surface area contributed by atoms with Crippen LogP contribution in [0.3, 0.4) is 0 Å². The van der Waals surface area contributed by atoms with Crippen LogP contribution in [0.5, 0.6) is 11.5 Å². The average Bonchev–Trinajstić information content (AvgIpc) is 2.64. The van der Waals surface area contributed by atoms with E-state index < -0.39 is 29.1 Å². The first-order chi connectivity index (χ1) is 12.8. The fraction of sp³-hybridized carbons (Fsp3) is 0.333. The summed E-state index contributed by atoms with van der Waals surface area (Å²) in [6.07, 6.45) is 0. The molecule has 0 saturated carbocycles. The van der Waals surface area contributed by atoms with Crippen molar-refractivity contribution in [2.24, 2.45) is 0 Å². The summed E-state index contributed by atoms with van der Waals surface area (Å²) in [6, 6.07) is 2.13. The smallest absolute Gasteiger partial charge is 0.204 e. The number of rotatable bonds is 2. The number of fused-ring (bicyclic) bond motifs is 2. The Morgan fingerprint density at radius 2 is 1.30 bits per heavy atom. The third-order valence-electron chi connectivity index (χ3n) is 4.64. The van der Waals surface area contributed by atoms with Crippen molar-refractivity contribution in [2.45, 2.75) is 20.0 Å². The molecule has 144 valence electrons. The van der Waals surface area contributed by atoms with Crippen LogP contribution in [-0.4, -0.2) is 29.9 Å². The molecule has 0 bridgehead atoms. The van der Waals surface area contributed by atoms with E-state index in [-0.39, 0.29) is 55.8 Å². The molecule has 4 nitrogen and oxygen atoms in total. The first-order valence-electron chi connectivity index (χ1n) is 8.19. The highest BCUT2D eigenvalue weighted by atomic mass is 19.2. The predicted molar refractivity (Wildman–Crippen MR) is 84.4 cm³/mol. The second kappa shape index (κ2) is 6.65. The zero-order valence-corrected chi connectivity index (χ0v) is 14.3. The maximum atomic E-state index is 14.1. The second-order valence-corrected chi connectivity index (χ2v) is 6.61. The van der Waals surface area contributed by atoms with Gasteiger partial charge in [-0.3, -0.25) is 9.80 Å². The monoisotopic (exact) mass is 386 g/mol. The Balaban J connectivity index is 1.49. The molecule has 0 N–H and O–H groups in total. The van der Waals surface area contributed by atoms with Crippen LogP contribution >= 0.6 is 0 Å². The lowest BCUT2D eigenvalue weighted by molar-refractivity contribution is -0.00659. The Morgan fingerprint density at radius 1 is 0.778 bits per heavy atom. The first kappa shape index (κ1) is 18.0. The third-order valence-corrected chi connectivity index (χ3v) is 4.64. The van der Waals surface area contributed by atoms with E-state index in [1.54, 1.807) is 9.80 Å². The highest BCUT2D eigenvalue weighted by Crippen LogP contribution is 2.34. The molecule has 27 heavy (non-hydrogen) atoms. The minimum atomic E-state index is -1.57. The second-order valence-electron chi connectivity index (χ2n) is 6.61. The lowest BCUT2D eigenvalue weighted by Crippen LogP contribution is -2.44. The quantitative estimate of drug-likeness (QED) is 0.581. The number of ether oxygens (including phenoxy) is 2. The molecule has 0 spiro atoms. The molecular formula is C18H15F5N2O2. The largest absolute Gasteiger partial charge is 0.475 e. The van der Waals surface area contributed by atoms with Crippen molar-refractivity contribution in [3.63, 3.8) is 0 Å². The highest BCUT2D eigenvalue weighted by molar-refractivity contribution is 5.41. The van der Waals surface area contributed by atoms with Crippen LogP contribution < -0.4 is 9.47 Å². The van der Waals surface area contributed by atoms with Crippen molar-refractivity contribution in [3.05, 3.63) is 57.9 Å². The minimum absolute atomic E-state index is 0.0324. The standard InChI is InChI=1S/C18H15F5N2O2/c1-9-12(19)2-10-4-24(7-26-17(10)14(9)21)6-25-5-11-3-13(20)15(22)16(23)18(11)27-8-25/h2-3H,4-8H2,1H3. The van der Waals surface area contributed by atoms with Gasteiger partial charge in [-0.05, 0) is 19.1 Å². The SMILES string of the molecule is Cc1c(F)cc2c(c1F)OCN(CN1COc3c(cc(F)c(F)c3F)C1)C2. The summed E-state index contributed by atoms with van der Waals surface area (Å²) >= 11 is 0. The van der Waals surface area contributed by atoms with Crippen molar-refractivity contribution < 1.29 is 31.4 Å². The maximum absolute atomic E-state index is 14.1. The van der Waals surface area contributed by atoms with Gasteiger partial charge in [0.1, 0.15) is 19.3 Å². The van der Waals surface area contributed by atoms with Gasteiger partial charge in [0.25, 0.3) is 0 Å². The van der Waals surface area contributed by atoms with E-state index in [2.05, 4.69) is 0 Å². The molecule has 0 fully saturated rings. The first-order valence-corrected chi connectivity index (χ1v) is 8.19. The van der Waals surface area contributed by atoms with Gasteiger partial charge in [0.2, 0.25) is 5.82 Å². The topological polar surface area (TPSA) is 24.9 Å². The van der Waals surface area contributed by atoms with Crippen LogP contribution in [0, 0.1) is 36.0 Å². The average molecular weight is 386 g/mol. The molecule has 0 radical (unpaired) electrons. The van der Waals surface area contributed by atoms with Gasteiger partial charge in [0, 0.05) is 29.8 Å². The van der Waals surface area contributed by atoms with E-state index in [0.717, 1.165) is 6.07 Å². The van der Waals surface area contributed by atoms with Gasteiger partial charge in [-0.1, -0.05) is 0 Å². The molecule has 2 aliphatic heterocycles. The van der Waals surface area contributed by atoms with Crippen LogP contribution in [0.1, 0.15) is 16.7 Å². The van der Waals surface area contributed by atoms with Crippen LogP contribution in [0.4, 0.5) is 22.0 Å². The predicted octanol–water partition coefficient (Wildman–Crippen LogP) is 3.65. The summed E-state index contributed by atoms with van der Waals surface area (Å²) in [6.45, 7) is 1.97. The summed E-state index contributed by atoms with van der Waals surface area (Å²) < 4.78 is 79.0. The van der Waals surface area contributed by atoms with Crippen LogP contribution in [0.2, 0.25) is 0 Å². The van der Waals surface area contributed by atoms with Crippen molar-refractivity contribution in [2.75, 3.05) is 20.1 Å². The number of nitrogens with zero attached hydrogens (tertiary/aromatic N) is 2. The molecule has 2 aliphatic rings. The minimum Gasteiger partial charge on any atom is -0.475 e. The van der Waals surface area contributed by atoms with E-state index in [9.17, 15) is 22.0 Å². The van der Waals surface area contributed by atoms with Crippen LogP contribution in [0.25, 0.3) is 0 Å². The van der Waals surface area contributed by atoms with Crippen molar-refractivity contribution in [1.29, 1.82) is 0 Å². The van der Waals surface area contributed by atoms with Gasteiger partial charge in [-0.15, -0.1) is 0 Å². The summed E-state index contributed by atoms with van der Waals surface area (Å²) in [5.41, 5.74) is 0.461. The molecule has 2 aromatic rings. The Bertz CT molecular complexity index is 848. The summed E-state index contributed by atoms with van der Waals surface area (Å²) in [5.74, 6) is -5.83. The highest BCUT2D eigenvalue weighted by Gasteiger charge is 2.29. The van der Waals surface area contributed by atoms with Gasteiger partial charge in [0.05, 0.1) is 6.67 Å². The van der Waals surface area contributed by atoms with Crippen molar-refractivity contribution in [3.8, 4) is 11.5 Å². The van der Waals surface area contributed by atoms with E-state index >= 15 is 0 Å². The molecule has 4 rings (SSSR count). The molecule has 9 heteroatoms. The molecule has 0 unspecified atom stereocenters. The lowest BCUT2D eigenvalue weighted by atomic mass is 10.1. The van der Waals surface area contributed by atoms with Crippen LogP contribution in [0.15, 0.2) is 12.1 Å². The van der Waals surface area contributed by atoms with Crippen molar-refractivity contribution >= 4 is 0 Å². The molecule has 0 aromatic heterocycles. The molecular weight excluding hydrogens is 371 g/mol. The molecule has 2 aromatic carbocycles. The van der Waals surface area contributed by atoms with E-state index in [0.29, 0.717) is 5.56 Å². The third kappa shape index (κ3) is 3.10. The normalized spacial score (nSPS) is 17.1. The van der Waals surface area contributed by atoms with Crippen molar-refractivity contribution in [1.82, 2.24) is 9.80 Å². The molecule has 0 atom stereocenters. The summed E-state index contributed by atoms with van der Waals surface area (Å²) in [5, 5.41) is 0. The van der Waals surface area contributed by atoms with Gasteiger partial charge in [0.15, 0.2) is 29.0 Å². The number of hydrogen-bond acceptors (Lipinski definition) is 4. The number of benzene rings is 2. The maximum Gasteiger partial charge on any atom is 0.204 e. The van der Waals surface area contributed by atoms with E-state index in [1.165, 1.54) is 13.0 Å². The van der Waals surface area contributed by atoms with E-state index in [1.807, 2.05) is 0 Å². The van der Waals surface area contributed by atoms with E-state index in [4.69, 9.17) is 9.47 Å². The molecule has 2 heterocycles.